The Morgan fingerprint density at radius 3 is 3.18 bits per heavy atom. The van der Waals surface area contributed by atoms with Gasteiger partial charge in [-0.05, 0) is 7.05 Å². The molecule has 1 rings (SSSR count). The van der Waals surface area contributed by atoms with Crippen LogP contribution in [0.5, 0.6) is 0 Å². The molecule has 0 atom stereocenters. The van der Waals surface area contributed by atoms with Gasteiger partial charge in [-0.25, -0.2) is 4.99 Å². The minimum atomic E-state index is 0.836. The lowest BCUT2D eigenvalue weighted by atomic mass is 10.4. The number of amidine groups is 1. The van der Waals surface area contributed by atoms with Crippen molar-refractivity contribution >= 4 is 12.2 Å². The molecule has 0 amide bonds. The largest absolute Gasteiger partial charge is 0.390 e. The van der Waals surface area contributed by atoms with Crippen LogP contribution >= 0.6 is 0 Å². The van der Waals surface area contributed by atoms with Crippen molar-refractivity contribution in [3.63, 3.8) is 0 Å². The van der Waals surface area contributed by atoms with E-state index < -0.39 is 0 Å². The SMILES string of the molecule is CN1CCN=C(N=CN)CC1. The Morgan fingerprint density at radius 1 is 1.64 bits per heavy atom. The van der Waals surface area contributed by atoms with Crippen LogP contribution in [0.15, 0.2) is 9.98 Å². The van der Waals surface area contributed by atoms with Gasteiger partial charge in [-0.1, -0.05) is 0 Å². The molecule has 1 heterocycles. The summed E-state index contributed by atoms with van der Waals surface area (Å²) in [7, 11) is 2.09. The number of likely N-dealkylation sites (N-methyl/N-ethyl adjacent to an activating group) is 1. The second-order valence-corrected chi connectivity index (χ2v) is 2.63. The zero-order valence-corrected chi connectivity index (χ0v) is 6.82. The van der Waals surface area contributed by atoms with E-state index in [1.165, 1.54) is 6.34 Å². The molecule has 4 nitrogen and oxygen atoms in total. The van der Waals surface area contributed by atoms with Crippen molar-refractivity contribution in [1.82, 2.24) is 4.90 Å². The first-order valence-electron chi connectivity index (χ1n) is 3.79. The minimum absolute atomic E-state index is 0.836. The quantitative estimate of drug-likeness (QED) is 0.385. The molecule has 0 unspecified atom stereocenters. The van der Waals surface area contributed by atoms with E-state index in [2.05, 4.69) is 21.9 Å². The first-order chi connectivity index (χ1) is 5.33. The Morgan fingerprint density at radius 2 is 2.45 bits per heavy atom. The summed E-state index contributed by atoms with van der Waals surface area (Å²) in [6, 6.07) is 0. The van der Waals surface area contributed by atoms with E-state index in [9.17, 15) is 0 Å². The second kappa shape index (κ2) is 4.08. The van der Waals surface area contributed by atoms with Crippen molar-refractivity contribution in [2.45, 2.75) is 6.42 Å². The molecule has 0 spiro atoms. The number of hydrogen-bond acceptors (Lipinski definition) is 3. The van der Waals surface area contributed by atoms with Crippen molar-refractivity contribution in [2.75, 3.05) is 26.7 Å². The van der Waals surface area contributed by atoms with Gasteiger partial charge in [-0.15, -0.1) is 0 Å². The number of nitrogens with zero attached hydrogens (tertiary/aromatic N) is 3. The summed E-state index contributed by atoms with van der Waals surface area (Å²) >= 11 is 0. The van der Waals surface area contributed by atoms with Crippen molar-refractivity contribution in [3.8, 4) is 0 Å². The van der Waals surface area contributed by atoms with Gasteiger partial charge in [0.1, 0.15) is 5.84 Å². The monoisotopic (exact) mass is 154 g/mol. The second-order valence-electron chi connectivity index (χ2n) is 2.63. The number of rotatable bonds is 0. The number of nitrogens with two attached hydrogens (primary N) is 1. The Kier molecular flexibility index (Phi) is 3.04. The van der Waals surface area contributed by atoms with Crippen molar-refractivity contribution in [3.05, 3.63) is 0 Å². The van der Waals surface area contributed by atoms with E-state index in [1.807, 2.05) is 0 Å². The molecular formula is C7H14N4. The molecule has 11 heavy (non-hydrogen) atoms. The summed E-state index contributed by atoms with van der Waals surface area (Å²) in [5.74, 6) is 0.872. The van der Waals surface area contributed by atoms with Crippen LogP contribution in [0.25, 0.3) is 0 Å². The predicted octanol–water partition coefficient (Wildman–Crippen LogP) is -0.293. The molecule has 1 aliphatic heterocycles. The Hall–Kier alpha value is -0.900. The molecule has 1 aliphatic rings. The molecule has 0 aliphatic carbocycles. The highest BCUT2D eigenvalue weighted by atomic mass is 15.1. The average Bonchev–Trinajstić information content (AvgIpc) is 2.17. The zero-order valence-electron chi connectivity index (χ0n) is 6.82. The fourth-order valence-corrected chi connectivity index (χ4v) is 1.02. The van der Waals surface area contributed by atoms with Crippen LogP contribution in [0, 0.1) is 0 Å². The first kappa shape index (κ1) is 8.20. The van der Waals surface area contributed by atoms with Crippen LogP contribution in [-0.2, 0) is 0 Å². The highest BCUT2D eigenvalue weighted by Crippen LogP contribution is 1.97. The average molecular weight is 154 g/mol. The molecule has 0 fully saturated rings. The lowest BCUT2D eigenvalue weighted by Crippen LogP contribution is -2.21. The molecule has 0 aromatic carbocycles. The van der Waals surface area contributed by atoms with Gasteiger partial charge in [0.05, 0.1) is 12.9 Å². The van der Waals surface area contributed by atoms with E-state index in [0.29, 0.717) is 0 Å². The molecule has 0 bridgehead atoms. The van der Waals surface area contributed by atoms with Crippen LogP contribution in [0.2, 0.25) is 0 Å². The molecule has 0 radical (unpaired) electrons. The molecular weight excluding hydrogens is 140 g/mol. The van der Waals surface area contributed by atoms with Gasteiger partial charge in [-0.3, -0.25) is 4.99 Å². The normalized spacial score (nSPS) is 21.7. The number of aliphatic imine (C=N–C) groups is 2. The van der Waals surface area contributed by atoms with E-state index in [0.717, 1.165) is 31.9 Å². The highest BCUT2D eigenvalue weighted by Gasteiger charge is 2.05. The van der Waals surface area contributed by atoms with Crippen molar-refractivity contribution < 1.29 is 0 Å². The smallest absolute Gasteiger partial charge is 0.126 e. The molecule has 0 aromatic heterocycles. The number of hydrogen-bond donors (Lipinski definition) is 1. The Labute approximate surface area is 66.8 Å². The predicted molar refractivity (Wildman–Crippen MR) is 47.1 cm³/mol. The van der Waals surface area contributed by atoms with Crippen molar-refractivity contribution in [1.29, 1.82) is 0 Å². The van der Waals surface area contributed by atoms with Gasteiger partial charge < -0.3 is 10.6 Å². The van der Waals surface area contributed by atoms with Gasteiger partial charge in [0.2, 0.25) is 0 Å². The fraction of sp³-hybridized carbons (Fsp3) is 0.714. The summed E-state index contributed by atoms with van der Waals surface area (Å²) < 4.78 is 0. The van der Waals surface area contributed by atoms with E-state index in [-0.39, 0.29) is 0 Å². The third-order valence-corrected chi connectivity index (χ3v) is 1.72. The Bertz CT molecular complexity index is 173. The molecule has 2 N–H and O–H groups in total. The van der Waals surface area contributed by atoms with Crippen LogP contribution < -0.4 is 5.73 Å². The molecule has 62 valence electrons. The summed E-state index contributed by atoms with van der Waals surface area (Å²) in [6.45, 7) is 2.88. The summed E-state index contributed by atoms with van der Waals surface area (Å²) in [4.78, 5) is 10.5. The van der Waals surface area contributed by atoms with Crippen molar-refractivity contribution in [2.24, 2.45) is 15.7 Å². The van der Waals surface area contributed by atoms with Gasteiger partial charge in [0, 0.05) is 19.5 Å². The molecule has 4 heteroatoms. The maximum Gasteiger partial charge on any atom is 0.126 e. The standard InChI is InChI=1S/C7H14N4/c1-11-4-2-7(10-6-8)9-3-5-11/h6H,2-5H2,1H3,(H2,8,9,10). The Balaban J connectivity index is 2.47. The minimum Gasteiger partial charge on any atom is -0.390 e. The molecule has 0 saturated carbocycles. The first-order valence-corrected chi connectivity index (χ1v) is 3.79. The van der Waals surface area contributed by atoms with Gasteiger partial charge in [0.25, 0.3) is 0 Å². The van der Waals surface area contributed by atoms with Crippen LogP contribution in [0.3, 0.4) is 0 Å². The maximum atomic E-state index is 5.16. The topological polar surface area (TPSA) is 54.0 Å². The van der Waals surface area contributed by atoms with Gasteiger partial charge in [0.15, 0.2) is 0 Å². The maximum absolute atomic E-state index is 5.16. The third-order valence-electron chi connectivity index (χ3n) is 1.72. The van der Waals surface area contributed by atoms with Crippen LogP contribution in [-0.4, -0.2) is 43.8 Å². The van der Waals surface area contributed by atoms with Crippen LogP contribution in [0.1, 0.15) is 6.42 Å². The third kappa shape index (κ3) is 2.67. The summed E-state index contributed by atoms with van der Waals surface area (Å²) in [5, 5.41) is 0. The lowest BCUT2D eigenvalue weighted by molar-refractivity contribution is 0.361. The molecule has 0 saturated heterocycles. The zero-order chi connectivity index (χ0) is 8.10. The van der Waals surface area contributed by atoms with E-state index in [4.69, 9.17) is 5.73 Å². The lowest BCUT2D eigenvalue weighted by Gasteiger charge is -2.10. The van der Waals surface area contributed by atoms with Crippen LogP contribution in [0.4, 0.5) is 0 Å². The van der Waals surface area contributed by atoms with E-state index in [1.54, 1.807) is 0 Å². The summed E-state index contributed by atoms with van der Waals surface area (Å²) in [6.07, 6.45) is 2.22. The molecule has 0 aromatic rings. The highest BCUT2D eigenvalue weighted by molar-refractivity contribution is 5.89. The summed E-state index contributed by atoms with van der Waals surface area (Å²) in [5.41, 5.74) is 5.16. The van der Waals surface area contributed by atoms with Gasteiger partial charge in [-0.2, -0.15) is 0 Å². The van der Waals surface area contributed by atoms with Gasteiger partial charge >= 0.3 is 0 Å². The van der Waals surface area contributed by atoms with E-state index >= 15 is 0 Å². The fourth-order valence-electron chi connectivity index (χ4n) is 1.02.